The van der Waals surface area contributed by atoms with Crippen LogP contribution in [-0.2, 0) is 9.59 Å². The molecule has 2 N–H and O–H groups in total. The van der Waals surface area contributed by atoms with Gasteiger partial charge in [0.1, 0.15) is 18.0 Å². The summed E-state index contributed by atoms with van der Waals surface area (Å²) in [7, 11) is 4.48. The third kappa shape index (κ3) is 4.91. The highest BCUT2D eigenvalue weighted by molar-refractivity contribution is 6.14. The van der Waals surface area contributed by atoms with E-state index in [9.17, 15) is 14.4 Å². The van der Waals surface area contributed by atoms with E-state index >= 15 is 0 Å². The van der Waals surface area contributed by atoms with Crippen LogP contribution >= 0.6 is 0 Å². The zero-order valence-corrected chi connectivity index (χ0v) is 17.6. The summed E-state index contributed by atoms with van der Waals surface area (Å²) in [5.41, 5.74) is 0.939. The second-order valence-electron chi connectivity index (χ2n) is 6.52. The van der Waals surface area contributed by atoms with Gasteiger partial charge in [-0.05, 0) is 35.9 Å². The molecule has 168 valence electrons. The summed E-state index contributed by atoms with van der Waals surface area (Å²) >= 11 is 0. The fraction of sp³-hybridized carbons (Fsp3) is 0.227. The molecule has 2 aromatic carbocycles. The van der Waals surface area contributed by atoms with Gasteiger partial charge < -0.3 is 34.1 Å². The summed E-state index contributed by atoms with van der Waals surface area (Å²) in [6, 6.07) is 7.88. The smallest absolute Gasteiger partial charge is 0.322 e. The molecule has 0 saturated carbocycles. The van der Waals surface area contributed by atoms with Gasteiger partial charge in [-0.15, -0.1) is 0 Å². The van der Waals surface area contributed by atoms with Gasteiger partial charge in [0.2, 0.25) is 11.5 Å². The molecule has 0 atom stereocenters. The molecule has 1 aliphatic heterocycles. The van der Waals surface area contributed by atoms with Crippen molar-refractivity contribution in [3.63, 3.8) is 0 Å². The summed E-state index contributed by atoms with van der Waals surface area (Å²) in [6.07, 6.45) is 1.55. The van der Waals surface area contributed by atoms with Gasteiger partial charge in [0.15, 0.2) is 23.9 Å². The van der Waals surface area contributed by atoms with Crippen LogP contribution in [0.2, 0.25) is 0 Å². The van der Waals surface area contributed by atoms with E-state index in [1.54, 1.807) is 18.2 Å². The lowest BCUT2D eigenvalue weighted by Crippen LogP contribution is -2.33. The number of fused-ring (bicyclic) bond motifs is 1. The van der Waals surface area contributed by atoms with Gasteiger partial charge in [-0.25, -0.2) is 0 Å². The van der Waals surface area contributed by atoms with Crippen LogP contribution in [0, 0.1) is 0 Å². The minimum atomic E-state index is -1.16. The number of amides is 1. The molecule has 3 rings (SSSR count). The fourth-order valence-corrected chi connectivity index (χ4v) is 2.97. The number of ketones is 1. The number of carbonyl (C=O) groups is 3. The molecule has 0 spiro atoms. The fourth-order valence-electron chi connectivity index (χ4n) is 2.97. The zero-order chi connectivity index (χ0) is 23.3. The summed E-state index contributed by atoms with van der Waals surface area (Å²) in [5.74, 6) is -0.134. The third-order valence-corrected chi connectivity index (χ3v) is 4.43. The molecule has 2 aromatic rings. The highest BCUT2D eigenvalue weighted by atomic mass is 16.5. The summed E-state index contributed by atoms with van der Waals surface area (Å²) in [5, 5.41) is 10.7. The highest BCUT2D eigenvalue weighted by Gasteiger charge is 2.28. The second-order valence-corrected chi connectivity index (χ2v) is 6.52. The van der Waals surface area contributed by atoms with Crippen molar-refractivity contribution in [2.75, 3.05) is 34.5 Å². The number of methoxy groups -OCH3 is 3. The number of hydrogen-bond donors (Lipinski definition) is 2. The number of Topliss-reactive ketones (excluding diaryl/α,β-unsaturated/α-hetero) is 1. The number of benzene rings is 2. The van der Waals surface area contributed by atoms with Crippen molar-refractivity contribution in [2.45, 2.75) is 0 Å². The standard InChI is InChI=1S/C22H21NO9/c1-28-17-7-12(8-18(29-2)22(17)30-3)6-16-21(27)14-5-4-13(9-15(14)32-16)31-11-19(24)23-10-20(25)26/h4-9H,10-11H2,1-3H3,(H,23,24)(H,25,26). The van der Waals surface area contributed by atoms with Gasteiger partial charge in [0.25, 0.3) is 5.91 Å². The first-order chi connectivity index (χ1) is 15.4. The van der Waals surface area contributed by atoms with E-state index in [0.717, 1.165) is 0 Å². The Morgan fingerprint density at radius 2 is 1.75 bits per heavy atom. The molecule has 10 nitrogen and oxygen atoms in total. The molecule has 0 aliphatic carbocycles. The molecular weight excluding hydrogens is 422 g/mol. The van der Waals surface area contributed by atoms with Gasteiger partial charge >= 0.3 is 5.97 Å². The number of carboxylic acids is 1. The molecule has 0 fully saturated rings. The van der Waals surface area contributed by atoms with Crippen molar-refractivity contribution < 1.29 is 43.2 Å². The van der Waals surface area contributed by atoms with E-state index in [1.807, 2.05) is 0 Å². The number of carbonyl (C=O) groups excluding carboxylic acids is 2. The Bertz CT molecular complexity index is 1070. The number of carboxylic acid groups (broad SMARTS) is 1. The lowest BCUT2D eigenvalue weighted by Gasteiger charge is -2.13. The molecule has 1 aliphatic rings. The predicted octanol–water partition coefficient (Wildman–Crippen LogP) is 1.91. The number of hydrogen-bond acceptors (Lipinski definition) is 8. The first-order valence-corrected chi connectivity index (χ1v) is 9.35. The van der Waals surface area contributed by atoms with Crippen LogP contribution < -0.4 is 29.0 Å². The monoisotopic (exact) mass is 443 g/mol. The van der Waals surface area contributed by atoms with E-state index in [2.05, 4.69) is 5.32 Å². The summed E-state index contributed by atoms with van der Waals surface area (Å²) < 4.78 is 27.0. The second kappa shape index (κ2) is 9.73. The van der Waals surface area contributed by atoms with Crippen molar-refractivity contribution in [1.29, 1.82) is 0 Å². The van der Waals surface area contributed by atoms with Gasteiger partial charge in [0, 0.05) is 6.07 Å². The topological polar surface area (TPSA) is 130 Å². The normalized spacial score (nSPS) is 13.2. The van der Waals surface area contributed by atoms with Crippen LogP contribution in [0.15, 0.2) is 36.1 Å². The average molecular weight is 443 g/mol. The van der Waals surface area contributed by atoms with Crippen molar-refractivity contribution in [3.8, 4) is 28.7 Å². The molecule has 1 heterocycles. The number of rotatable bonds is 9. The van der Waals surface area contributed by atoms with Gasteiger partial charge in [-0.1, -0.05) is 0 Å². The van der Waals surface area contributed by atoms with Crippen LogP contribution in [-0.4, -0.2) is 57.2 Å². The summed E-state index contributed by atoms with van der Waals surface area (Å²) in [4.78, 5) is 34.8. The molecule has 10 heteroatoms. The Labute approximate surface area is 183 Å². The maximum absolute atomic E-state index is 12.7. The molecule has 0 saturated heterocycles. The Kier molecular flexibility index (Phi) is 6.83. The molecule has 32 heavy (non-hydrogen) atoms. The number of nitrogens with one attached hydrogen (secondary N) is 1. The van der Waals surface area contributed by atoms with Crippen LogP contribution in [0.4, 0.5) is 0 Å². The maximum Gasteiger partial charge on any atom is 0.322 e. The summed E-state index contributed by atoms with van der Waals surface area (Å²) in [6.45, 7) is -0.882. The first-order valence-electron chi connectivity index (χ1n) is 9.35. The molecule has 0 unspecified atom stereocenters. The van der Waals surface area contributed by atoms with E-state index < -0.39 is 18.4 Å². The van der Waals surface area contributed by atoms with Crippen molar-refractivity contribution in [1.82, 2.24) is 5.32 Å². The van der Waals surface area contributed by atoms with Crippen LogP contribution in [0.1, 0.15) is 15.9 Å². The van der Waals surface area contributed by atoms with Gasteiger partial charge in [-0.3, -0.25) is 14.4 Å². The number of aliphatic carboxylic acids is 1. The average Bonchev–Trinajstić information content (AvgIpc) is 3.09. The van der Waals surface area contributed by atoms with E-state index in [1.165, 1.54) is 39.5 Å². The van der Waals surface area contributed by atoms with Crippen molar-refractivity contribution in [3.05, 3.63) is 47.2 Å². The molecular formula is C22H21NO9. The number of allylic oxidation sites excluding steroid dienone is 1. The minimum Gasteiger partial charge on any atom is -0.493 e. The lowest BCUT2D eigenvalue weighted by atomic mass is 10.1. The lowest BCUT2D eigenvalue weighted by molar-refractivity contribution is -0.138. The SMILES string of the molecule is COc1cc(C=C2Oc3cc(OCC(=O)NCC(=O)O)ccc3C2=O)cc(OC)c1OC. The quantitative estimate of drug-likeness (QED) is 0.558. The zero-order valence-electron chi connectivity index (χ0n) is 17.6. The van der Waals surface area contributed by atoms with Crippen molar-refractivity contribution >= 4 is 23.7 Å². The van der Waals surface area contributed by atoms with Crippen molar-refractivity contribution in [2.24, 2.45) is 0 Å². The largest absolute Gasteiger partial charge is 0.493 e. The van der Waals surface area contributed by atoms with E-state index in [-0.39, 0.29) is 29.6 Å². The maximum atomic E-state index is 12.7. The van der Waals surface area contributed by atoms with E-state index in [4.69, 9.17) is 28.8 Å². The van der Waals surface area contributed by atoms with Crippen LogP contribution in [0.3, 0.4) is 0 Å². The highest BCUT2D eigenvalue weighted by Crippen LogP contribution is 2.40. The van der Waals surface area contributed by atoms with Crippen LogP contribution in [0.25, 0.3) is 6.08 Å². The predicted molar refractivity (Wildman–Crippen MR) is 112 cm³/mol. The Morgan fingerprint density at radius 3 is 2.34 bits per heavy atom. The van der Waals surface area contributed by atoms with Gasteiger partial charge in [0.05, 0.1) is 26.9 Å². The Hall–Kier alpha value is -4.21. The first kappa shape index (κ1) is 22.5. The molecule has 0 radical (unpaired) electrons. The molecule has 0 bridgehead atoms. The third-order valence-electron chi connectivity index (χ3n) is 4.43. The Morgan fingerprint density at radius 1 is 1.06 bits per heavy atom. The molecule has 0 aromatic heterocycles. The molecule has 1 amide bonds. The van der Waals surface area contributed by atoms with Gasteiger partial charge in [-0.2, -0.15) is 0 Å². The van der Waals surface area contributed by atoms with Crippen LogP contribution in [0.5, 0.6) is 28.7 Å². The van der Waals surface area contributed by atoms with E-state index in [0.29, 0.717) is 28.4 Å². The Balaban J connectivity index is 1.77. The number of ether oxygens (including phenoxy) is 5. The minimum absolute atomic E-state index is 0.0885.